The Balaban J connectivity index is 1.60. The van der Waals surface area contributed by atoms with Crippen LogP contribution >= 0.6 is 7.21 Å². The smallest absolute Gasteiger partial charge is 0.183 e. The fraction of sp³-hybridized carbons (Fsp3) is 0. The van der Waals surface area contributed by atoms with E-state index in [0.29, 0.717) is 34.5 Å². The predicted molar refractivity (Wildman–Crippen MR) is 178 cm³/mol. The molecule has 0 spiro atoms. The molecule has 6 aromatic rings. The van der Waals surface area contributed by atoms with Crippen LogP contribution in [0, 0.1) is 11.3 Å². The highest BCUT2D eigenvalue weighted by Crippen LogP contribution is 2.55. The lowest BCUT2D eigenvalue weighted by Crippen LogP contribution is -2.21. The van der Waals surface area contributed by atoms with Gasteiger partial charge in [-0.2, -0.15) is 5.26 Å². The maximum atomic E-state index is 10.7. The van der Waals surface area contributed by atoms with Crippen LogP contribution < -0.4 is 10.6 Å². The van der Waals surface area contributed by atoms with Gasteiger partial charge in [-0.3, -0.25) is 0 Å². The number of rotatable bonds is 6. The van der Waals surface area contributed by atoms with Gasteiger partial charge in [-0.25, -0.2) is 24.5 Å². The van der Waals surface area contributed by atoms with E-state index in [1.54, 1.807) is 0 Å². The van der Waals surface area contributed by atoms with E-state index in [4.69, 9.17) is 24.5 Å². The molecule has 5 aromatic carbocycles. The highest BCUT2D eigenvalue weighted by Gasteiger charge is 2.34. The first-order valence-electron chi connectivity index (χ1n) is 14.2. The number of hydrogen-bond donors (Lipinski definition) is 0. The van der Waals surface area contributed by atoms with E-state index in [1.807, 2.05) is 127 Å². The molecule has 0 radical (unpaired) electrons. The first-order valence-corrected chi connectivity index (χ1v) is 15.9. The second-order valence-corrected chi connectivity index (χ2v) is 12.7. The van der Waals surface area contributed by atoms with Gasteiger partial charge < -0.3 is 0 Å². The van der Waals surface area contributed by atoms with Crippen LogP contribution in [-0.2, 0) is 0 Å². The number of allylic oxidation sites excluding steroid dienone is 1. The third-order valence-corrected chi connectivity index (χ3v) is 10.3. The summed E-state index contributed by atoms with van der Waals surface area (Å²) in [5, 5.41) is 12.7. The maximum absolute atomic E-state index is 10.7. The second kappa shape index (κ2) is 11.9. The summed E-state index contributed by atoms with van der Waals surface area (Å²) in [5.41, 5.74) is 3.80. The Morgan fingerprint density at radius 3 is 1.27 bits per heavy atom. The molecule has 0 saturated carbocycles. The van der Waals surface area contributed by atoms with Gasteiger partial charge in [-0.15, -0.1) is 0 Å². The number of benzene rings is 5. The summed E-state index contributed by atoms with van der Waals surface area (Å²) in [6, 6.07) is 52.0. The van der Waals surface area contributed by atoms with Crippen LogP contribution in [-0.4, -0.2) is 20.7 Å². The summed E-state index contributed by atoms with van der Waals surface area (Å²) >= 11 is 0. The monoisotopic (exact) mass is 584 g/mol. The van der Waals surface area contributed by atoms with E-state index in [0.717, 1.165) is 27.3 Å². The van der Waals surface area contributed by atoms with Crippen LogP contribution in [0.3, 0.4) is 0 Å². The largest absolute Gasteiger partial charge is 0.234 e. The average Bonchev–Trinajstić information content (AvgIpc) is 3.12. The minimum absolute atomic E-state index is 0.322. The van der Waals surface area contributed by atoms with Gasteiger partial charge in [0.2, 0.25) is 0 Å². The molecule has 0 aliphatic carbocycles. The van der Waals surface area contributed by atoms with Gasteiger partial charge in [-0.05, 0) is 0 Å². The van der Waals surface area contributed by atoms with Crippen LogP contribution in [0.5, 0.6) is 0 Å². The van der Waals surface area contributed by atoms with E-state index >= 15 is 0 Å². The quantitative estimate of drug-likeness (QED) is 0.188. The minimum Gasteiger partial charge on any atom is -0.234 e. The van der Waals surface area contributed by atoms with E-state index in [9.17, 15) is 5.26 Å². The molecule has 0 bridgehead atoms. The Hall–Kier alpha value is -5.76. The van der Waals surface area contributed by atoms with Gasteiger partial charge in [0.05, 0.1) is 5.71 Å². The molecule has 7 rings (SSSR count). The van der Waals surface area contributed by atoms with Gasteiger partial charge in [0.25, 0.3) is 0 Å². The Morgan fingerprint density at radius 1 is 0.455 bits per heavy atom. The number of hydrogen-bond acceptors (Lipinski definition) is 6. The molecule has 1 aliphatic rings. The van der Waals surface area contributed by atoms with Gasteiger partial charge in [-0.1, -0.05) is 152 Å². The van der Waals surface area contributed by atoms with Crippen molar-refractivity contribution < 1.29 is 0 Å². The van der Waals surface area contributed by atoms with Crippen LogP contribution in [0.4, 0.5) is 0 Å². The van der Waals surface area contributed by atoms with Crippen molar-refractivity contribution in [3.05, 3.63) is 169 Å². The van der Waals surface area contributed by atoms with E-state index in [-0.39, 0.29) is 0 Å². The average molecular weight is 585 g/mol. The molecular weight excluding hydrogens is 559 g/mol. The topological polar surface area (TPSA) is 87.2 Å². The molecule has 0 fully saturated rings. The summed E-state index contributed by atoms with van der Waals surface area (Å²) < 4.78 is 10.9. The lowest BCUT2D eigenvalue weighted by Gasteiger charge is -2.27. The summed E-state index contributed by atoms with van der Waals surface area (Å²) in [5.74, 6) is 1.33. The van der Waals surface area contributed by atoms with Gasteiger partial charge in [0.1, 0.15) is 24.5 Å². The summed E-state index contributed by atoms with van der Waals surface area (Å²) in [7, 11) is -2.86. The van der Waals surface area contributed by atoms with Crippen molar-refractivity contribution in [1.29, 1.82) is 5.26 Å². The highest BCUT2D eigenvalue weighted by atomic mass is 31.2. The summed E-state index contributed by atoms with van der Waals surface area (Å²) in [4.78, 5) is 14.8. The Bertz CT molecular complexity index is 2000. The van der Waals surface area contributed by atoms with Crippen LogP contribution in [0.25, 0.3) is 28.5 Å². The molecule has 0 unspecified atom stereocenters. The first kappa shape index (κ1) is 27.1. The standard InChI is InChI=1S/C37H25N6P/c38-26-32-33(27-16-6-1-7-17-27)42-44(30-22-12-4-13-23-30,31-24-14-5-15-25-31)43-34(32)37-40-35(28-18-8-2-9-19-28)39-36(41-37)29-20-10-3-11-21-29/h1-25H. The molecule has 7 heteroatoms. The van der Waals surface area contributed by atoms with Crippen molar-refractivity contribution >= 4 is 29.2 Å². The molecular formula is C37H25N6P. The first-order chi connectivity index (χ1) is 21.7. The van der Waals surface area contributed by atoms with Crippen molar-refractivity contribution in [3.8, 4) is 28.8 Å². The van der Waals surface area contributed by atoms with Crippen LogP contribution in [0.1, 0.15) is 11.4 Å². The number of aromatic nitrogens is 3. The van der Waals surface area contributed by atoms with Gasteiger partial charge in [0.15, 0.2) is 17.5 Å². The van der Waals surface area contributed by atoms with E-state index in [2.05, 4.69) is 30.3 Å². The maximum Gasteiger partial charge on any atom is 0.183 e. The third-order valence-electron chi connectivity index (χ3n) is 7.27. The minimum atomic E-state index is -2.86. The van der Waals surface area contributed by atoms with E-state index < -0.39 is 7.21 Å². The Kier molecular flexibility index (Phi) is 7.30. The van der Waals surface area contributed by atoms with Gasteiger partial charge >= 0.3 is 0 Å². The zero-order chi connectivity index (χ0) is 29.8. The predicted octanol–water partition coefficient (Wildman–Crippen LogP) is 7.71. The highest BCUT2D eigenvalue weighted by molar-refractivity contribution is 7.80. The lowest BCUT2D eigenvalue weighted by atomic mass is 10.0. The molecule has 0 saturated heterocycles. The Labute approximate surface area is 255 Å². The van der Waals surface area contributed by atoms with Crippen molar-refractivity contribution in [2.45, 2.75) is 0 Å². The fourth-order valence-electron chi connectivity index (χ4n) is 5.15. The summed E-state index contributed by atoms with van der Waals surface area (Å²) in [6.07, 6.45) is 0. The Morgan fingerprint density at radius 2 is 0.841 bits per heavy atom. The molecule has 1 aromatic heterocycles. The molecule has 0 atom stereocenters. The van der Waals surface area contributed by atoms with Crippen LogP contribution in [0.15, 0.2) is 167 Å². The molecule has 44 heavy (non-hydrogen) atoms. The molecule has 1 aliphatic heterocycles. The molecule has 0 amide bonds. The third kappa shape index (κ3) is 5.07. The number of nitrogens with zero attached hydrogens (tertiary/aromatic N) is 6. The normalized spacial score (nSPS) is 13.8. The van der Waals surface area contributed by atoms with Crippen molar-refractivity contribution in [2.75, 3.05) is 0 Å². The zero-order valence-electron chi connectivity index (χ0n) is 23.6. The van der Waals surface area contributed by atoms with Gasteiger partial charge in [0, 0.05) is 27.3 Å². The van der Waals surface area contributed by atoms with Crippen molar-refractivity contribution in [3.63, 3.8) is 0 Å². The lowest BCUT2D eigenvalue weighted by molar-refractivity contribution is 1.03. The molecule has 6 nitrogen and oxygen atoms in total. The second-order valence-electron chi connectivity index (χ2n) is 10.1. The zero-order valence-corrected chi connectivity index (χ0v) is 24.5. The fourth-order valence-corrected chi connectivity index (χ4v) is 8.11. The molecule has 208 valence electrons. The van der Waals surface area contributed by atoms with Crippen LogP contribution in [0.2, 0.25) is 0 Å². The SMILES string of the molecule is N#CC1=C(c2nc(-c3ccccc3)nc(-c3ccccc3)n2)N=P(c2ccccc2)(c2ccccc2)N=C1c1ccccc1. The molecule has 2 heterocycles. The summed E-state index contributed by atoms with van der Waals surface area (Å²) in [6.45, 7) is 0. The van der Waals surface area contributed by atoms with Crippen molar-refractivity contribution in [1.82, 2.24) is 15.0 Å². The molecule has 0 N–H and O–H groups in total. The number of nitriles is 1. The van der Waals surface area contributed by atoms with Crippen molar-refractivity contribution in [2.24, 2.45) is 9.51 Å². The van der Waals surface area contributed by atoms with E-state index in [1.165, 1.54) is 0 Å².